The third kappa shape index (κ3) is 7.04. The van der Waals surface area contributed by atoms with Gasteiger partial charge in [0.2, 0.25) is 5.91 Å². The van der Waals surface area contributed by atoms with E-state index in [0.29, 0.717) is 12.8 Å². The lowest BCUT2D eigenvalue weighted by Crippen LogP contribution is -2.40. The topological polar surface area (TPSA) is 66.4 Å². The van der Waals surface area contributed by atoms with Crippen LogP contribution in [0.3, 0.4) is 0 Å². The van der Waals surface area contributed by atoms with Crippen LogP contribution in [0.2, 0.25) is 0 Å². The lowest BCUT2D eigenvalue weighted by molar-refractivity contribution is -0.142. The van der Waals surface area contributed by atoms with Gasteiger partial charge >= 0.3 is 5.97 Å². The van der Waals surface area contributed by atoms with Crippen molar-refractivity contribution in [3.8, 4) is 0 Å². The molecule has 0 spiro atoms. The summed E-state index contributed by atoms with van der Waals surface area (Å²) in [6.45, 7) is 5.55. The average molecular weight is 227 g/mol. The van der Waals surface area contributed by atoms with E-state index < -0.39 is 12.0 Å². The summed E-state index contributed by atoms with van der Waals surface area (Å²) in [5.74, 6) is -1.14. The molecule has 0 aromatic rings. The number of carboxylic acids is 1. The molecule has 4 nitrogen and oxygen atoms in total. The molecule has 0 fully saturated rings. The van der Waals surface area contributed by atoms with Crippen LogP contribution < -0.4 is 5.32 Å². The van der Waals surface area contributed by atoms with Crippen LogP contribution in [0.4, 0.5) is 0 Å². The highest BCUT2D eigenvalue weighted by Crippen LogP contribution is 2.02. The number of carbonyl (C=O) groups excluding carboxylic acids is 1. The molecule has 92 valence electrons. The van der Waals surface area contributed by atoms with Gasteiger partial charge in [-0.25, -0.2) is 4.79 Å². The molecule has 0 aliphatic rings. The maximum Gasteiger partial charge on any atom is 0.326 e. The largest absolute Gasteiger partial charge is 0.480 e. The zero-order valence-electron chi connectivity index (χ0n) is 9.87. The van der Waals surface area contributed by atoms with Gasteiger partial charge in [-0.3, -0.25) is 4.79 Å². The van der Waals surface area contributed by atoms with Crippen LogP contribution >= 0.6 is 0 Å². The molecule has 0 aromatic heterocycles. The fourth-order valence-electron chi connectivity index (χ4n) is 1.34. The van der Waals surface area contributed by atoms with Crippen LogP contribution in [-0.4, -0.2) is 23.0 Å². The molecule has 1 amide bonds. The zero-order valence-corrected chi connectivity index (χ0v) is 9.87. The molecule has 1 atom stereocenters. The van der Waals surface area contributed by atoms with Crippen molar-refractivity contribution in [3.05, 3.63) is 12.7 Å². The summed E-state index contributed by atoms with van der Waals surface area (Å²) in [6.07, 6.45) is 5.84. The van der Waals surface area contributed by atoms with Gasteiger partial charge in [-0.05, 0) is 19.3 Å². The quantitative estimate of drug-likeness (QED) is 0.468. The highest BCUT2D eigenvalue weighted by atomic mass is 16.4. The molecule has 0 unspecified atom stereocenters. The Kier molecular flexibility index (Phi) is 8.21. The molecule has 0 heterocycles. The molecule has 16 heavy (non-hydrogen) atoms. The van der Waals surface area contributed by atoms with Crippen molar-refractivity contribution in [2.45, 2.75) is 51.5 Å². The molecule has 2 N–H and O–H groups in total. The zero-order chi connectivity index (χ0) is 12.4. The third-order valence-corrected chi connectivity index (χ3v) is 2.29. The number of amides is 1. The van der Waals surface area contributed by atoms with E-state index in [9.17, 15) is 9.59 Å². The van der Waals surface area contributed by atoms with Crippen LogP contribution in [0.25, 0.3) is 0 Å². The lowest BCUT2D eigenvalue weighted by Gasteiger charge is -2.13. The predicted octanol–water partition coefficient (Wildman–Crippen LogP) is 2.10. The smallest absolute Gasteiger partial charge is 0.326 e. The monoisotopic (exact) mass is 227 g/mol. The molecule has 0 radical (unpaired) electrons. The van der Waals surface area contributed by atoms with Gasteiger partial charge < -0.3 is 10.4 Å². The van der Waals surface area contributed by atoms with Crippen molar-refractivity contribution in [3.63, 3.8) is 0 Å². The van der Waals surface area contributed by atoms with E-state index >= 15 is 0 Å². The first kappa shape index (κ1) is 14.7. The number of carboxylic acid groups (broad SMARTS) is 1. The number of carbonyl (C=O) groups is 2. The van der Waals surface area contributed by atoms with Crippen molar-refractivity contribution in [2.24, 2.45) is 0 Å². The minimum atomic E-state index is -0.953. The summed E-state index contributed by atoms with van der Waals surface area (Å²) in [7, 11) is 0. The first-order valence-electron chi connectivity index (χ1n) is 5.74. The van der Waals surface area contributed by atoms with E-state index in [0.717, 1.165) is 25.7 Å². The first-order chi connectivity index (χ1) is 7.61. The second kappa shape index (κ2) is 8.95. The fourth-order valence-corrected chi connectivity index (χ4v) is 1.34. The minimum absolute atomic E-state index is 0.189. The van der Waals surface area contributed by atoms with Gasteiger partial charge in [-0.2, -0.15) is 0 Å². The van der Waals surface area contributed by atoms with E-state index in [1.54, 1.807) is 6.08 Å². The Labute approximate surface area is 96.7 Å². The number of hydrogen-bond acceptors (Lipinski definition) is 2. The third-order valence-electron chi connectivity index (χ3n) is 2.29. The predicted molar refractivity (Wildman–Crippen MR) is 63.1 cm³/mol. The van der Waals surface area contributed by atoms with Gasteiger partial charge in [0.05, 0.1) is 0 Å². The van der Waals surface area contributed by atoms with Gasteiger partial charge in [0.25, 0.3) is 0 Å². The fraction of sp³-hybridized carbons (Fsp3) is 0.667. The normalized spacial score (nSPS) is 11.8. The molecule has 0 aliphatic heterocycles. The Morgan fingerprint density at radius 1 is 1.44 bits per heavy atom. The van der Waals surface area contributed by atoms with E-state index in [1.165, 1.54) is 0 Å². The minimum Gasteiger partial charge on any atom is -0.480 e. The van der Waals surface area contributed by atoms with Crippen molar-refractivity contribution in [1.82, 2.24) is 5.32 Å². The Morgan fingerprint density at radius 3 is 2.62 bits per heavy atom. The summed E-state index contributed by atoms with van der Waals surface area (Å²) in [5.41, 5.74) is 0. The average Bonchev–Trinajstić information content (AvgIpc) is 2.24. The van der Waals surface area contributed by atoms with Crippen LogP contribution in [0.1, 0.15) is 45.4 Å². The number of allylic oxidation sites excluding steroid dienone is 1. The van der Waals surface area contributed by atoms with Crippen molar-refractivity contribution in [1.29, 1.82) is 0 Å². The molecule has 0 saturated heterocycles. The summed E-state index contributed by atoms with van der Waals surface area (Å²) in [4.78, 5) is 22.2. The van der Waals surface area contributed by atoms with E-state index in [2.05, 4.69) is 11.9 Å². The summed E-state index contributed by atoms with van der Waals surface area (Å²) in [5, 5.41) is 11.4. The Bertz CT molecular complexity index is 238. The van der Waals surface area contributed by atoms with Crippen LogP contribution in [0, 0.1) is 0 Å². The Balaban J connectivity index is 3.92. The molecular formula is C12H21NO3. The highest BCUT2D eigenvalue weighted by molar-refractivity contribution is 5.83. The van der Waals surface area contributed by atoms with Crippen molar-refractivity contribution in [2.75, 3.05) is 0 Å². The molecule has 0 saturated carbocycles. The molecule has 0 aliphatic carbocycles. The summed E-state index contributed by atoms with van der Waals surface area (Å²) in [6, 6.07) is -0.740. The second-order valence-electron chi connectivity index (χ2n) is 3.78. The van der Waals surface area contributed by atoms with Crippen molar-refractivity contribution < 1.29 is 14.7 Å². The summed E-state index contributed by atoms with van der Waals surface area (Å²) < 4.78 is 0. The number of nitrogens with one attached hydrogen (secondary N) is 1. The van der Waals surface area contributed by atoms with Gasteiger partial charge in [0.15, 0.2) is 0 Å². The van der Waals surface area contributed by atoms with Crippen molar-refractivity contribution >= 4 is 11.9 Å². The van der Waals surface area contributed by atoms with Gasteiger partial charge in [0.1, 0.15) is 6.04 Å². The van der Waals surface area contributed by atoms with E-state index in [-0.39, 0.29) is 5.91 Å². The van der Waals surface area contributed by atoms with E-state index in [1.807, 2.05) is 6.92 Å². The highest BCUT2D eigenvalue weighted by Gasteiger charge is 2.18. The maximum absolute atomic E-state index is 11.4. The van der Waals surface area contributed by atoms with Crippen LogP contribution in [0.15, 0.2) is 12.7 Å². The van der Waals surface area contributed by atoms with Gasteiger partial charge in [0, 0.05) is 6.42 Å². The number of aliphatic carboxylic acids is 1. The summed E-state index contributed by atoms with van der Waals surface area (Å²) >= 11 is 0. The van der Waals surface area contributed by atoms with E-state index in [4.69, 9.17) is 5.11 Å². The second-order valence-corrected chi connectivity index (χ2v) is 3.78. The van der Waals surface area contributed by atoms with Gasteiger partial charge in [-0.1, -0.05) is 25.8 Å². The van der Waals surface area contributed by atoms with Crippen LogP contribution in [-0.2, 0) is 9.59 Å². The number of unbranched alkanes of at least 4 members (excludes halogenated alkanes) is 2. The first-order valence-corrected chi connectivity index (χ1v) is 5.74. The lowest BCUT2D eigenvalue weighted by atomic mass is 10.1. The molecule has 0 bridgehead atoms. The standard InChI is InChI=1S/C12H21NO3/c1-3-5-7-9-11(14)13-10(12(15)16)8-6-4-2/h3,10H,1,4-9H2,2H3,(H,13,14)(H,15,16)/t10-/m0/s1. The Hall–Kier alpha value is -1.32. The van der Waals surface area contributed by atoms with Crippen LogP contribution in [0.5, 0.6) is 0 Å². The molecule has 4 heteroatoms. The molecule has 0 rings (SSSR count). The Morgan fingerprint density at radius 2 is 2.12 bits per heavy atom. The SMILES string of the molecule is C=CCCCC(=O)N[C@@H](CCCC)C(=O)O. The van der Waals surface area contributed by atoms with Gasteiger partial charge in [-0.15, -0.1) is 6.58 Å². The molecular weight excluding hydrogens is 206 g/mol. The number of rotatable bonds is 9. The maximum atomic E-state index is 11.4. The number of hydrogen-bond donors (Lipinski definition) is 2. The molecule has 0 aromatic carbocycles.